The number of benzene rings is 1. The van der Waals surface area contributed by atoms with Crippen LogP contribution in [0.1, 0.15) is 55.6 Å². The lowest BCUT2D eigenvalue weighted by Gasteiger charge is -2.45. The van der Waals surface area contributed by atoms with Gasteiger partial charge >= 0.3 is 0 Å². The zero-order valence-electron chi connectivity index (χ0n) is 18.4. The summed E-state index contributed by atoms with van der Waals surface area (Å²) >= 11 is 6.42. The molecular formula is C25H28ClN3O3. The maximum absolute atomic E-state index is 13.7. The topological polar surface area (TPSA) is 67.5 Å². The minimum atomic E-state index is -1.06. The van der Waals surface area contributed by atoms with E-state index in [1.807, 2.05) is 41.8 Å². The molecule has 1 N–H and O–H groups in total. The second-order valence-corrected chi connectivity index (χ2v) is 9.88. The van der Waals surface area contributed by atoms with Crippen molar-refractivity contribution in [3.63, 3.8) is 0 Å². The Bertz CT molecular complexity index is 1170. The maximum atomic E-state index is 13.7. The van der Waals surface area contributed by atoms with E-state index in [1.165, 1.54) is 0 Å². The highest BCUT2D eigenvalue weighted by Crippen LogP contribution is 2.35. The molecule has 32 heavy (non-hydrogen) atoms. The molecular weight excluding hydrogens is 426 g/mol. The molecule has 1 fully saturated rings. The molecule has 0 saturated heterocycles. The monoisotopic (exact) mass is 453 g/mol. The van der Waals surface area contributed by atoms with E-state index in [-0.39, 0.29) is 24.4 Å². The third-order valence-corrected chi connectivity index (χ3v) is 7.54. The molecule has 0 radical (unpaired) electrons. The Labute approximate surface area is 192 Å². The minimum absolute atomic E-state index is 0.117. The highest BCUT2D eigenvalue weighted by Gasteiger charge is 2.48. The lowest BCUT2D eigenvalue weighted by Crippen LogP contribution is -2.64. The number of rotatable bonds is 4. The first-order chi connectivity index (χ1) is 15.4. The zero-order chi connectivity index (χ0) is 22.5. The van der Waals surface area contributed by atoms with Crippen molar-refractivity contribution in [2.75, 3.05) is 0 Å². The third kappa shape index (κ3) is 3.51. The van der Waals surface area contributed by atoms with Crippen molar-refractivity contribution in [1.29, 1.82) is 0 Å². The second-order valence-electron chi connectivity index (χ2n) is 9.47. The van der Waals surface area contributed by atoms with Crippen LogP contribution < -0.4 is 5.32 Å². The minimum Gasteiger partial charge on any atom is -0.463 e. The van der Waals surface area contributed by atoms with Crippen molar-refractivity contribution in [3.8, 4) is 0 Å². The Morgan fingerprint density at radius 1 is 1.22 bits per heavy atom. The molecule has 2 aliphatic rings. The molecule has 168 valence electrons. The first-order valence-electron chi connectivity index (χ1n) is 11.3. The van der Waals surface area contributed by atoms with Gasteiger partial charge in [-0.15, -0.1) is 0 Å². The van der Waals surface area contributed by atoms with E-state index in [4.69, 9.17) is 16.0 Å². The molecule has 7 heteroatoms. The number of nitrogens with zero attached hydrogens (tertiary/aromatic N) is 2. The van der Waals surface area contributed by atoms with E-state index in [2.05, 4.69) is 12.2 Å². The number of carbonyl (C=O) groups excluding carboxylic acids is 2. The molecule has 1 saturated carbocycles. The molecule has 3 heterocycles. The van der Waals surface area contributed by atoms with E-state index < -0.39 is 5.54 Å². The van der Waals surface area contributed by atoms with E-state index >= 15 is 0 Å². The van der Waals surface area contributed by atoms with Gasteiger partial charge in [0.15, 0.2) is 5.58 Å². The standard InChI is InChI=1S/C25H28ClN3O3/c1-16-7-9-18(10-8-16)27-24(31)25(2)15-28-20-11-12-32-22(20)13-21(28)23(30)29(25)14-17-5-3-4-6-19(17)26/h3-6,11-13,16,18H,7-10,14-15H2,1-2H3,(H,27,31). The summed E-state index contributed by atoms with van der Waals surface area (Å²) < 4.78 is 7.45. The summed E-state index contributed by atoms with van der Waals surface area (Å²) in [5, 5.41) is 3.85. The fourth-order valence-electron chi connectivity index (χ4n) is 5.06. The normalized spacial score (nSPS) is 25.7. The Kier molecular flexibility index (Phi) is 5.28. The molecule has 2 aromatic heterocycles. The smallest absolute Gasteiger partial charge is 0.271 e. The van der Waals surface area contributed by atoms with Crippen molar-refractivity contribution >= 4 is 34.5 Å². The van der Waals surface area contributed by atoms with E-state index in [0.29, 0.717) is 28.8 Å². The summed E-state index contributed by atoms with van der Waals surface area (Å²) in [4.78, 5) is 29.1. The lowest BCUT2D eigenvalue weighted by molar-refractivity contribution is -0.134. The van der Waals surface area contributed by atoms with E-state index in [9.17, 15) is 9.59 Å². The van der Waals surface area contributed by atoms with Crippen molar-refractivity contribution in [2.24, 2.45) is 5.92 Å². The van der Waals surface area contributed by atoms with Gasteiger partial charge in [0.1, 0.15) is 11.2 Å². The number of nitrogens with one attached hydrogen (secondary N) is 1. The van der Waals surface area contributed by atoms with Gasteiger partial charge in [-0.2, -0.15) is 0 Å². The summed E-state index contributed by atoms with van der Waals surface area (Å²) in [7, 11) is 0. The van der Waals surface area contributed by atoms with Crippen LogP contribution in [0.4, 0.5) is 0 Å². The summed E-state index contributed by atoms with van der Waals surface area (Å²) in [6, 6.07) is 11.2. The van der Waals surface area contributed by atoms with Gasteiger partial charge in [0.2, 0.25) is 5.91 Å². The van der Waals surface area contributed by atoms with Crippen LogP contribution in [0.15, 0.2) is 47.1 Å². The summed E-state index contributed by atoms with van der Waals surface area (Å²) in [5.41, 5.74) is 1.77. The van der Waals surface area contributed by atoms with Gasteiger partial charge in [0.25, 0.3) is 5.91 Å². The first kappa shape index (κ1) is 21.1. The van der Waals surface area contributed by atoms with Crippen LogP contribution in [0.2, 0.25) is 5.02 Å². The largest absolute Gasteiger partial charge is 0.463 e. The molecule has 3 aromatic rings. The highest BCUT2D eigenvalue weighted by molar-refractivity contribution is 6.31. The molecule has 1 aliphatic heterocycles. The number of furan rings is 1. The molecule has 1 atom stereocenters. The number of amides is 2. The second kappa shape index (κ2) is 8.00. The van der Waals surface area contributed by atoms with Gasteiger partial charge < -0.3 is 19.2 Å². The van der Waals surface area contributed by atoms with Crippen LogP contribution in [0, 0.1) is 5.92 Å². The molecule has 1 unspecified atom stereocenters. The SMILES string of the molecule is CC1CCC(NC(=O)C2(C)Cn3c(cc4occc43)C(=O)N2Cc2ccccc2Cl)CC1. The highest BCUT2D eigenvalue weighted by atomic mass is 35.5. The predicted molar refractivity (Wildman–Crippen MR) is 123 cm³/mol. The average Bonchev–Trinajstić information content (AvgIpc) is 3.36. The molecule has 0 spiro atoms. The number of fused-ring (bicyclic) bond motifs is 3. The molecule has 1 aromatic carbocycles. The van der Waals surface area contributed by atoms with Gasteiger partial charge in [0, 0.05) is 29.7 Å². The fraction of sp³-hybridized carbons (Fsp3) is 0.440. The van der Waals surface area contributed by atoms with Gasteiger partial charge in [-0.25, -0.2) is 0 Å². The predicted octanol–water partition coefficient (Wildman–Crippen LogP) is 5.00. The van der Waals surface area contributed by atoms with Crippen LogP contribution in [0.25, 0.3) is 11.1 Å². The number of aromatic nitrogens is 1. The van der Waals surface area contributed by atoms with Gasteiger partial charge in [-0.3, -0.25) is 9.59 Å². The van der Waals surface area contributed by atoms with Crippen LogP contribution in [-0.4, -0.2) is 32.9 Å². The van der Waals surface area contributed by atoms with Crippen molar-refractivity contribution in [1.82, 2.24) is 14.8 Å². The Morgan fingerprint density at radius 3 is 2.72 bits per heavy atom. The fourth-order valence-corrected chi connectivity index (χ4v) is 5.26. The third-order valence-electron chi connectivity index (χ3n) is 7.18. The number of carbonyl (C=O) groups is 2. The van der Waals surface area contributed by atoms with E-state index in [0.717, 1.165) is 36.8 Å². The summed E-state index contributed by atoms with van der Waals surface area (Å²) in [6.07, 6.45) is 5.78. The molecule has 2 amide bonds. The van der Waals surface area contributed by atoms with Gasteiger partial charge in [-0.05, 0) is 50.2 Å². The van der Waals surface area contributed by atoms with Crippen LogP contribution in [-0.2, 0) is 17.9 Å². The van der Waals surface area contributed by atoms with Crippen LogP contribution >= 0.6 is 11.6 Å². The summed E-state index contributed by atoms with van der Waals surface area (Å²) in [5.74, 6) is 0.384. The molecule has 5 rings (SSSR count). The van der Waals surface area contributed by atoms with Gasteiger partial charge in [-0.1, -0.05) is 36.7 Å². The van der Waals surface area contributed by atoms with Gasteiger partial charge in [0.05, 0.1) is 18.3 Å². The van der Waals surface area contributed by atoms with Crippen molar-refractivity contribution in [3.05, 3.63) is 58.9 Å². The Hall–Kier alpha value is -2.73. The number of hydrogen-bond donors (Lipinski definition) is 1. The first-order valence-corrected chi connectivity index (χ1v) is 11.7. The average molecular weight is 454 g/mol. The zero-order valence-corrected chi connectivity index (χ0v) is 19.2. The van der Waals surface area contributed by atoms with Crippen LogP contribution in [0.5, 0.6) is 0 Å². The Morgan fingerprint density at radius 2 is 1.97 bits per heavy atom. The molecule has 1 aliphatic carbocycles. The molecule has 6 nitrogen and oxygen atoms in total. The maximum Gasteiger partial charge on any atom is 0.271 e. The number of halogens is 1. The number of hydrogen-bond acceptors (Lipinski definition) is 3. The lowest BCUT2D eigenvalue weighted by atomic mass is 9.86. The quantitative estimate of drug-likeness (QED) is 0.604. The molecule has 0 bridgehead atoms. The van der Waals surface area contributed by atoms with Crippen LogP contribution in [0.3, 0.4) is 0 Å². The summed E-state index contributed by atoms with van der Waals surface area (Å²) in [6.45, 7) is 4.73. The van der Waals surface area contributed by atoms with Crippen molar-refractivity contribution in [2.45, 2.75) is 64.2 Å². The Balaban J connectivity index is 1.52. The van der Waals surface area contributed by atoms with E-state index in [1.54, 1.807) is 17.2 Å². The van der Waals surface area contributed by atoms with Crippen molar-refractivity contribution < 1.29 is 14.0 Å².